The number of benzene rings is 3. The van der Waals surface area contributed by atoms with E-state index in [1.807, 2.05) is 0 Å². The standard InChI is InChI=1S/C25H16BrClN2O6/c26-17-6-8-18(9-7-17)29-23(31)19(22(30)28-25(29)34)11-15-3-10-21(20(27)12-15)35-13-14-1-4-16(5-2-14)24(32)33/h1-12H,13H2,(H,32,33)(H,28,30,34)/b19-11+. The van der Waals surface area contributed by atoms with Gasteiger partial charge in [-0.3, -0.25) is 14.9 Å². The summed E-state index contributed by atoms with van der Waals surface area (Å²) in [5, 5.41) is 11.4. The molecular weight excluding hydrogens is 540 g/mol. The summed E-state index contributed by atoms with van der Waals surface area (Å²) in [6.07, 6.45) is 1.34. The van der Waals surface area contributed by atoms with Crippen LogP contribution in [0, 0.1) is 0 Å². The van der Waals surface area contributed by atoms with Gasteiger partial charge < -0.3 is 9.84 Å². The van der Waals surface area contributed by atoms with Crippen molar-refractivity contribution in [1.29, 1.82) is 0 Å². The summed E-state index contributed by atoms with van der Waals surface area (Å²) in [7, 11) is 0. The molecule has 0 saturated carbocycles. The first-order valence-electron chi connectivity index (χ1n) is 10.1. The zero-order valence-corrected chi connectivity index (χ0v) is 20.2. The molecule has 1 aliphatic rings. The van der Waals surface area contributed by atoms with Crippen LogP contribution in [-0.2, 0) is 16.2 Å². The molecule has 1 saturated heterocycles. The van der Waals surface area contributed by atoms with Crippen LogP contribution >= 0.6 is 27.5 Å². The van der Waals surface area contributed by atoms with Gasteiger partial charge in [0.15, 0.2) is 0 Å². The number of ether oxygens (including phenoxy) is 1. The number of barbiturate groups is 1. The van der Waals surface area contributed by atoms with E-state index < -0.39 is 23.8 Å². The van der Waals surface area contributed by atoms with Crippen molar-refractivity contribution in [3.05, 3.63) is 98.5 Å². The number of nitrogens with one attached hydrogen (secondary N) is 1. The highest BCUT2D eigenvalue weighted by atomic mass is 79.9. The molecule has 4 amide bonds. The number of carboxylic acid groups (broad SMARTS) is 1. The number of carbonyl (C=O) groups is 4. The Hall–Kier alpha value is -3.95. The number of aromatic carboxylic acids is 1. The fraction of sp³-hybridized carbons (Fsp3) is 0.0400. The Bertz CT molecular complexity index is 1370. The highest BCUT2D eigenvalue weighted by Gasteiger charge is 2.36. The van der Waals surface area contributed by atoms with E-state index in [0.717, 1.165) is 14.9 Å². The quantitative estimate of drug-likeness (QED) is 0.325. The molecular formula is C25H16BrClN2O6. The van der Waals surface area contributed by atoms with Gasteiger partial charge >= 0.3 is 12.0 Å². The van der Waals surface area contributed by atoms with Crippen molar-refractivity contribution in [3.63, 3.8) is 0 Å². The predicted octanol–water partition coefficient (Wildman–Crippen LogP) is 5.05. The number of imide groups is 2. The zero-order valence-electron chi connectivity index (χ0n) is 17.8. The van der Waals surface area contributed by atoms with Crippen LogP contribution < -0.4 is 15.0 Å². The summed E-state index contributed by atoms with van der Waals surface area (Å²) in [5.41, 5.74) is 1.46. The van der Waals surface area contributed by atoms with Gasteiger partial charge in [0.1, 0.15) is 17.9 Å². The van der Waals surface area contributed by atoms with Gasteiger partial charge in [-0.1, -0.05) is 45.7 Å². The smallest absolute Gasteiger partial charge is 0.335 e. The Kier molecular flexibility index (Phi) is 6.99. The first-order valence-corrected chi connectivity index (χ1v) is 11.3. The van der Waals surface area contributed by atoms with Crippen LogP contribution in [0.5, 0.6) is 5.75 Å². The lowest BCUT2D eigenvalue weighted by molar-refractivity contribution is -0.122. The van der Waals surface area contributed by atoms with E-state index in [9.17, 15) is 19.2 Å². The van der Waals surface area contributed by atoms with Crippen LogP contribution in [0.3, 0.4) is 0 Å². The van der Waals surface area contributed by atoms with E-state index in [1.54, 1.807) is 48.5 Å². The van der Waals surface area contributed by atoms with Crippen molar-refractivity contribution >= 4 is 63.1 Å². The van der Waals surface area contributed by atoms with Crippen LogP contribution in [0.2, 0.25) is 5.02 Å². The summed E-state index contributed by atoms with van der Waals surface area (Å²) in [6, 6.07) is 16.6. The number of hydrogen-bond acceptors (Lipinski definition) is 5. The minimum Gasteiger partial charge on any atom is -0.487 e. The Balaban J connectivity index is 1.52. The largest absolute Gasteiger partial charge is 0.487 e. The Morgan fingerprint density at radius 2 is 1.71 bits per heavy atom. The normalized spacial score (nSPS) is 14.7. The molecule has 1 fully saturated rings. The molecule has 176 valence electrons. The van der Waals surface area contributed by atoms with Gasteiger partial charge in [-0.05, 0) is 65.7 Å². The molecule has 0 radical (unpaired) electrons. The van der Waals surface area contributed by atoms with Crippen LogP contribution in [-0.4, -0.2) is 28.9 Å². The summed E-state index contributed by atoms with van der Waals surface area (Å²) in [4.78, 5) is 49.5. The highest BCUT2D eigenvalue weighted by molar-refractivity contribution is 9.10. The molecule has 0 bridgehead atoms. The first-order chi connectivity index (χ1) is 16.7. The van der Waals surface area contributed by atoms with Gasteiger partial charge in [0, 0.05) is 4.47 Å². The Labute approximate surface area is 212 Å². The van der Waals surface area contributed by atoms with Gasteiger partial charge in [-0.15, -0.1) is 0 Å². The highest BCUT2D eigenvalue weighted by Crippen LogP contribution is 2.29. The molecule has 8 nitrogen and oxygen atoms in total. The van der Waals surface area contributed by atoms with E-state index in [1.165, 1.54) is 24.3 Å². The number of carboxylic acids is 1. The number of urea groups is 1. The SMILES string of the molecule is O=C1NC(=O)N(c2ccc(Br)cc2)C(=O)/C1=C/c1ccc(OCc2ccc(C(=O)O)cc2)c(Cl)c1. The number of rotatable bonds is 6. The third kappa shape index (κ3) is 5.42. The van der Waals surface area contributed by atoms with Crippen LogP contribution in [0.4, 0.5) is 10.5 Å². The van der Waals surface area contributed by atoms with Crippen molar-refractivity contribution < 1.29 is 29.0 Å². The lowest BCUT2D eigenvalue weighted by Gasteiger charge is -2.26. The predicted molar refractivity (Wildman–Crippen MR) is 132 cm³/mol. The fourth-order valence-electron chi connectivity index (χ4n) is 3.28. The molecule has 0 aromatic heterocycles. The molecule has 1 heterocycles. The Morgan fingerprint density at radius 3 is 2.34 bits per heavy atom. The second-order valence-electron chi connectivity index (χ2n) is 7.41. The molecule has 0 spiro atoms. The van der Waals surface area contributed by atoms with Gasteiger partial charge in [0.05, 0.1) is 16.3 Å². The van der Waals surface area contributed by atoms with Crippen molar-refractivity contribution in [2.45, 2.75) is 6.61 Å². The second kappa shape index (κ2) is 10.1. The van der Waals surface area contributed by atoms with E-state index in [-0.39, 0.29) is 22.8 Å². The molecule has 1 aliphatic heterocycles. The second-order valence-corrected chi connectivity index (χ2v) is 8.74. The van der Waals surface area contributed by atoms with Crippen LogP contribution in [0.25, 0.3) is 6.08 Å². The van der Waals surface area contributed by atoms with E-state index in [0.29, 0.717) is 17.0 Å². The van der Waals surface area contributed by atoms with Gasteiger partial charge in [-0.2, -0.15) is 0 Å². The topological polar surface area (TPSA) is 113 Å². The van der Waals surface area contributed by atoms with Crippen molar-refractivity contribution in [2.24, 2.45) is 0 Å². The molecule has 3 aromatic rings. The summed E-state index contributed by atoms with van der Waals surface area (Å²) < 4.78 is 6.48. The number of carbonyl (C=O) groups excluding carboxylic acids is 3. The van der Waals surface area contributed by atoms with Crippen LogP contribution in [0.15, 0.2) is 76.8 Å². The molecule has 0 aliphatic carbocycles. The molecule has 4 rings (SSSR count). The Morgan fingerprint density at radius 1 is 1.03 bits per heavy atom. The monoisotopic (exact) mass is 554 g/mol. The van der Waals surface area contributed by atoms with E-state index in [4.69, 9.17) is 21.4 Å². The minimum atomic E-state index is -1.01. The first kappa shape index (κ1) is 24.2. The zero-order chi connectivity index (χ0) is 25.1. The third-order valence-corrected chi connectivity index (χ3v) is 5.87. The van der Waals surface area contributed by atoms with Crippen molar-refractivity contribution in [3.8, 4) is 5.75 Å². The molecule has 2 N–H and O–H groups in total. The number of amides is 4. The average Bonchev–Trinajstić information content (AvgIpc) is 2.82. The lowest BCUT2D eigenvalue weighted by atomic mass is 10.1. The number of hydrogen-bond donors (Lipinski definition) is 2. The summed E-state index contributed by atoms with van der Waals surface area (Å²) >= 11 is 9.63. The minimum absolute atomic E-state index is 0.158. The maximum absolute atomic E-state index is 13.0. The van der Waals surface area contributed by atoms with Crippen LogP contribution in [0.1, 0.15) is 21.5 Å². The van der Waals surface area contributed by atoms with Gasteiger partial charge in [-0.25, -0.2) is 14.5 Å². The molecule has 3 aromatic carbocycles. The van der Waals surface area contributed by atoms with E-state index in [2.05, 4.69) is 21.2 Å². The number of nitrogens with zero attached hydrogens (tertiary/aromatic N) is 1. The van der Waals surface area contributed by atoms with Crippen molar-refractivity contribution in [1.82, 2.24) is 5.32 Å². The van der Waals surface area contributed by atoms with Gasteiger partial charge in [0.2, 0.25) is 0 Å². The van der Waals surface area contributed by atoms with E-state index >= 15 is 0 Å². The summed E-state index contributed by atoms with van der Waals surface area (Å²) in [6.45, 7) is 0.158. The maximum Gasteiger partial charge on any atom is 0.335 e. The lowest BCUT2D eigenvalue weighted by Crippen LogP contribution is -2.54. The van der Waals surface area contributed by atoms with Crippen molar-refractivity contribution in [2.75, 3.05) is 4.90 Å². The molecule has 35 heavy (non-hydrogen) atoms. The molecule has 0 unspecified atom stereocenters. The average molecular weight is 556 g/mol. The maximum atomic E-state index is 13.0. The third-order valence-electron chi connectivity index (χ3n) is 5.05. The fourth-order valence-corrected chi connectivity index (χ4v) is 3.79. The number of anilines is 1. The van der Waals surface area contributed by atoms with Gasteiger partial charge in [0.25, 0.3) is 11.8 Å². The molecule has 10 heteroatoms. The molecule has 0 atom stereocenters. The number of halogens is 2. The summed E-state index contributed by atoms with van der Waals surface area (Å²) in [5.74, 6) is -2.22.